The van der Waals surface area contributed by atoms with Gasteiger partial charge in [0.2, 0.25) is 5.91 Å². The van der Waals surface area contributed by atoms with Crippen LogP contribution in [0.1, 0.15) is 53.4 Å². The maximum absolute atomic E-state index is 12.0. The van der Waals surface area contributed by atoms with E-state index in [0.717, 1.165) is 12.8 Å². The molecule has 2 N–H and O–H groups in total. The highest BCUT2D eigenvalue weighted by Crippen LogP contribution is 2.37. The van der Waals surface area contributed by atoms with Gasteiger partial charge in [0.25, 0.3) is 8.32 Å². The average Bonchev–Trinajstić information content (AvgIpc) is 2.72. The number of carbonyl (C=O) groups is 1. The standard InChI is InChI=1S/C25H37NO3Si/c1-21(13-11-18-24(28)26-19-12-20-27)29-30(25(2,3)4,22-14-7-5-8-15-22)23-16-9-6-10-17-23/h5-10,14-17,21,27H,11-13,18-20H2,1-4H3,(H,26,28). The maximum atomic E-state index is 12.0. The van der Waals surface area contributed by atoms with Crippen molar-refractivity contribution < 1.29 is 14.3 Å². The summed E-state index contributed by atoms with van der Waals surface area (Å²) in [5.41, 5.74) is 0. The van der Waals surface area contributed by atoms with Crippen molar-refractivity contribution in [2.24, 2.45) is 0 Å². The Morgan fingerprint density at radius 1 is 1.00 bits per heavy atom. The number of hydrogen-bond acceptors (Lipinski definition) is 3. The number of aliphatic hydroxyl groups is 1. The van der Waals surface area contributed by atoms with Crippen LogP contribution >= 0.6 is 0 Å². The van der Waals surface area contributed by atoms with Gasteiger partial charge < -0.3 is 14.8 Å². The molecule has 0 fully saturated rings. The van der Waals surface area contributed by atoms with Crippen LogP contribution < -0.4 is 15.7 Å². The van der Waals surface area contributed by atoms with Crippen LogP contribution in [0.5, 0.6) is 0 Å². The molecule has 1 unspecified atom stereocenters. The third kappa shape index (κ3) is 6.27. The molecular formula is C25H37NO3Si. The highest BCUT2D eigenvalue weighted by atomic mass is 28.4. The summed E-state index contributed by atoms with van der Waals surface area (Å²) in [5.74, 6) is 0.0427. The lowest BCUT2D eigenvalue weighted by Crippen LogP contribution is -2.67. The van der Waals surface area contributed by atoms with E-state index in [0.29, 0.717) is 19.4 Å². The zero-order valence-electron chi connectivity index (χ0n) is 18.9. The molecule has 1 amide bonds. The van der Waals surface area contributed by atoms with Crippen LogP contribution in [0.3, 0.4) is 0 Å². The number of rotatable bonds is 11. The molecule has 2 aromatic carbocycles. The van der Waals surface area contributed by atoms with Crippen LogP contribution in [0, 0.1) is 0 Å². The predicted molar refractivity (Wildman–Crippen MR) is 127 cm³/mol. The molecular weight excluding hydrogens is 390 g/mol. The summed E-state index contributed by atoms with van der Waals surface area (Å²) in [4.78, 5) is 12.0. The van der Waals surface area contributed by atoms with E-state index in [1.165, 1.54) is 10.4 Å². The summed E-state index contributed by atoms with van der Waals surface area (Å²) in [7, 11) is -2.54. The third-order valence-corrected chi connectivity index (χ3v) is 10.6. The summed E-state index contributed by atoms with van der Waals surface area (Å²) in [6, 6.07) is 21.3. The van der Waals surface area contributed by atoms with Crippen LogP contribution in [-0.2, 0) is 9.22 Å². The molecule has 2 rings (SSSR count). The Hall–Kier alpha value is -1.95. The van der Waals surface area contributed by atoms with E-state index < -0.39 is 8.32 Å². The van der Waals surface area contributed by atoms with Crippen LogP contribution in [-0.4, -0.2) is 38.6 Å². The van der Waals surface area contributed by atoms with Crippen LogP contribution in [0.2, 0.25) is 5.04 Å². The molecule has 30 heavy (non-hydrogen) atoms. The summed E-state index contributed by atoms with van der Waals surface area (Å²) in [6.45, 7) is 9.60. The maximum Gasteiger partial charge on any atom is 0.261 e. The van der Waals surface area contributed by atoms with Crippen LogP contribution in [0.25, 0.3) is 0 Å². The van der Waals surface area contributed by atoms with E-state index in [-0.39, 0.29) is 23.7 Å². The monoisotopic (exact) mass is 427 g/mol. The molecule has 1 atom stereocenters. The molecule has 2 aromatic rings. The highest BCUT2D eigenvalue weighted by Gasteiger charge is 2.50. The average molecular weight is 428 g/mol. The predicted octanol–water partition coefficient (Wildman–Crippen LogP) is 3.62. The Kier molecular flexibility index (Phi) is 9.27. The number of benzene rings is 2. The lowest BCUT2D eigenvalue weighted by Gasteiger charge is -2.44. The Balaban J connectivity index is 2.19. The smallest absolute Gasteiger partial charge is 0.261 e. The van der Waals surface area contributed by atoms with E-state index >= 15 is 0 Å². The quantitative estimate of drug-likeness (QED) is 0.425. The van der Waals surface area contributed by atoms with E-state index in [1.54, 1.807) is 0 Å². The minimum atomic E-state index is -2.54. The minimum Gasteiger partial charge on any atom is -0.405 e. The van der Waals surface area contributed by atoms with E-state index in [1.807, 2.05) is 0 Å². The van der Waals surface area contributed by atoms with Gasteiger partial charge in [0.1, 0.15) is 0 Å². The van der Waals surface area contributed by atoms with Crippen molar-refractivity contribution in [3.8, 4) is 0 Å². The van der Waals surface area contributed by atoms with Gasteiger partial charge in [-0.3, -0.25) is 4.79 Å². The molecule has 0 aromatic heterocycles. The van der Waals surface area contributed by atoms with Gasteiger partial charge in [-0.05, 0) is 41.6 Å². The molecule has 0 aliphatic carbocycles. The second-order valence-corrected chi connectivity index (χ2v) is 13.2. The summed E-state index contributed by atoms with van der Waals surface area (Å²) in [6.07, 6.45) is 2.74. The van der Waals surface area contributed by atoms with Crippen molar-refractivity contribution >= 4 is 24.6 Å². The minimum absolute atomic E-state index is 0.0427. The van der Waals surface area contributed by atoms with E-state index in [4.69, 9.17) is 9.53 Å². The molecule has 0 spiro atoms. The van der Waals surface area contributed by atoms with Gasteiger partial charge in [-0.2, -0.15) is 0 Å². The first-order chi connectivity index (χ1) is 14.3. The second-order valence-electron chi connectivity index (χ2n) is 8.91. The summed E-state index contributed by atoms with van der Waals surface area (Å²) in [5, 5.41) is 14.2. The first-order valence-electron chi connectivity index (χ1n) is 11.0. The van der Waals surface area contributed by atoms with E-state index in [2.05, 4.69) is 93.7 Å². The Morgan fingerprint density at radius 3 is 2.00 bits per heavy atom. The van der Waals surface area contributed by atoms with Crippen molar-refractivity contribution in [3.05, 3.63) is 60.7 Å². The Labute approximate surface area is 182 Å². The van der Waals surface area contributed by atoms with Gasteiger partial charge in [-0.1, -0.05) is 81.4 Å². The summed E-state index contributed by atoms with van der Waals surface area (Å²) >= 11 is 0. The molecule has 0 saturated heterocycles. The summed E-state index contributed by atoms with van der Waals surface area (Å²) < 4.78 is 7.03. The van der Waals surface area contributed by atoms with Crippen molar-refractivity contribution in [2.45, 2.75) is 64.5 Å². The van der Waals surface area contributed by atoms with Gasteiger partial charge in [0, 0.05) is 25.7 Å². The molecule has 0 radical (unpaired) electrons. The van der Waals surface area contributed by atoms with Gasteiger partial charge >= 0.3 is 0 Å². The lowest BCUT2D eigenvalue weighted by atomic mass is 10.1. The number of aliphatic hydroxyl groups excluding tert-OH is 1. The Morgan fingerprint density at radius 2 is 1.53 bits per heavy atom. The number of hydrogen-bond donors (Lipinski definition) is 2. The fourth-order valence-electron chi connectivity index (χ4n) is 4.00. The van der Waals surface area contributed by atoms with Crippen molar-refractivity contribution in [1.82, 2.24) is 5.32 Å². The van der Waals surface area contributed by atoms with Gasteiger partial charge in [-0.15, -0.1) is 0 Å². The molecule has 4 nitrogen and oxygen atoms in total. The van der Waals surface area contributed by atoms with Crippen LogP contribution in [0.4, 0.5) is 0 Å². The molecule has 0 aliphatic rings. The van der Waals surface area contributed by atoms with E-state index in [9.17, 15) is 4.79 Å². The zero-order chi connectivity index (χ0) is 22.0. The fourth-order valence-corrected chi connectivity index (χ4v) is 8.73. The number of amides is 1. The topological polar surface area (TPSA) is 58.6 Å². The number of nitrogens with one attached hydrogen (secondary N) is 1. The fraction of sp³-hybridized carbons (Fsp3) is 0.480. The molecule has 0 bridgehead atoms. The Bertz CT molecular complexity index is 719. The molecule has 0 heterocycles. The van der Waals surface area contributed by atoms with Crippen LogP contribution in [0.15, 0.2) is 60.7 Å². The first-order valence-corrected chi connectivity index (χ1v) is 12.9. The van der Waals surface area contributed by atoms with Crippen molar-refractivity contribution in [3.63, 3.8) is 0 Å². The third-order valence-electron chi connectivity index (χ3n) is 5.47. The molecule has 164 valence electrons. The van der Waals surface area contributed by atoms with Gasteiger partial charge in [-0.25, -0.2) is 0 Å². The first kappa shape index (κ1) is 24.3. The SMILES string of the molecule is CC(CCCC(=O)NCCCO)O[Si](c1ccccc1)(c1ccccc1)C(C)(C)C. The highest BCUT2D eigenvalue weighted by molar-refractivity contribution is 6.99. The molecule has 0 aliphatic heterocycles. The van der Waals surface area contributed by atoms with Gasteiger partial charge in [0.15, 0.2) is 0 Å². The number of carbonyl (C=O) groups excluding carboxylic acids is 1. The molecule has 0 saturated carbocycles. The largest absolute Gasteiger partial charge is 0.405 e. The lowest BCUT2D eigenvalue weighted by molar-refractivity contribution is -0.121. The molecule has 5 heteroatoms. The normalized spacial score (nSPS) is 13.1. The second kappa shape index (κ2) is 11.4. The van der Waals surface area contributed by atoms with Gasteiger partial charge in [0.05, 0.1) is 0 Å². The van der Waals surface area contributed by atoms with Crippen molar-refractivity contribution in [2.75, 3.05) is 13.2 Å². The van der Waals surface area contributed by atoms with Crippen molar-refractivity contribution in [1.29, 1.82) is 0 Å². The zero-order valence-corrected chi connectivity index (χ0v) is 19.9.